The fourth-order valence-corrected chi connectivity index (χ4v) is 2.32. The number of rotatable bonds is 4. The van der Waals surface area contributed by atoms with Crippen LogP contribution < -0.4 is 5.56 Å². The molecule has 0 aliphatic heterocycles. The third-order valence-corrected chi connectivity index (χ3v) is 3.53. The van der Waals surface area contributed by atoms with Crippen LogP contribution in [0.15, 0.2) is 33.8 Å². The van der Waals surface area contributed by atoms with Crippen molar-refractivity contribution in [3.63, 3.8) is 0 Å². The van der Waals surface area contributed by atoms with Crippen molar-refractivity contribution in [2.75, 3.05) is 0 Å². The van der Waals surface area contributed by atoms with E-state index in [0.717, 1.165) is 5.69 Å². The van der Waals surface area contributed by atoms with Crippen LogP contribution in [0.5, 0.6) is 0 Å². The molecule has 0 radical (unpaired) electrons. The predicted molar refractivity (Wildman–Crippen MR) is 76.0 cm³/mol. The van der Waals surface area contributed by atoms with Gasteiger partial charge in [0.05, 0.1) is 0 Å². The molecule has 0 aliphatic carbocycles. The van der Waals surface area contributed by atoms with Gasteiger partial charge < -0.3 is 9.51 Å². The highest BCUT2D eigenvalue weighted by atomic mass is 19.4. The van der Waals surface area contributed by atoms with Gasteiger partial charge in [-0.15, -0.1) is 0 Å². The Morgan fingerprint density at radius 2 is 2.08 bits per heavy atom. The Kier molecular flexibility index (Phi) is 3.96. The highest BCUT2D eigenvalue weighted by Crippen LogP contribution is 2.29. The van der Waals surface area contributed by atoms with Crippen LogP contribution in [0.3, 0.4) is 0 Å². The topological polar surface area (TPSA) is 89.6 Å². The van der Waals surface area contributed by atoms with Gasteiger partial charge in [-0.25, -0.2) is 0 Å². The van der Waals surface area contributed by atoms with E-state index in [2.05, 4.69) is 24.7 Å². The minimum Gasteiger partial charge on any atom is -0.329 e. The number of H-pyrrole nitrogens is 1. The summed E-state index contributed by atoms with van der Waals surface area (Å²) in [5, 5.41) is 7.37. The molecule has 0 amide bonds. The first kappa shape index (κ1) is 16.0. The molecule has 3 heterocycles. The Morgan fingerprint density at radius 3 is 2.71 bits per heavy atom. The lowest BCUT2D eigenvalue weighted by Gasteiger charge is -2.05. The van der Waals surface area contributed by atoms with E-state index in [0.29, 0.717) is 12.8 Å². The summed E-state index contributed by atoms with van der Waals surface area (Å²) in [7, 11) is 1.76. The maximum Gasteiger partial charge on any atom is 0.471 e. The Morgan fingerprint density at radius 1 is 1.29 bits per heavy atom. The Labute approximate surface area is 133 Å². The zero-order valence-electron chi connectivity index (χ0n) is 12.5. The van der Waals surface area contributed by atoms with E-state index in [4.69, 9.17) is 0 Å². The second-order valence-electron chi connectivity index (χ2n) is 5.07. The number of aromatic amines is 1. The van der Waals surface area contributed by atoms with Crippen molar-refractivity contribution in [2.24, 2.45) is 7.05 Å². The highest BCUT2D eigenvalue weighted by Gasteiger charge is 2.38. The molecular formula is C14H12F3N5O2. The van der Waals surface area contributed by atoms with Crippen LogP contribution in [0.1, 0.15) is 17.1 Å². The van der Waals surface area contributed by atoms with Crippen LogP contribution in [0, 0.1) is 0 Å². The van der Waals surface area contributed by atoms with Crippen molar-refractivity contribution in [3.8, 4) is 11.4 Å². The summed E-state index contributed by atoms with van der Waals surface area (Å²) in [6.45, 7) is 0. The molecular weight excluding hydrogens is 327 g/mol. The first-order valence-electron chi connectivity index (χ1n) is 6.95. The monoisotopic (exact) mass is 339 g/mol. The van der Waals surface area contributed by atoms with Crippen LogP contribution in [0.4, 0.5) is 13.2 Å². The smallest absolute Gasteiger partial charge is 0.329 e. The van der Waals surface area contributed by atoms with Crippen LogP contribution in [-0.2, 0) is 26.1 Å². The molecule has 3 aromatic heterocycles. The SMILES string of the molecule is Cn1nccc1CCc1c(-c2noc(C(F)(F)F)n2)cc[nH]c1=O. The van der Waals surface area contributed by atoms with Gasteiger partial charge in [0, 0.05) is 36.3 Å². The third kappa shape index (κ3) is 3.07. The second kappa shape index (κ2) is 5.95. The van der Waals surface area contributed by atoms with Crippen LogP contribution in [0.2, 0.25) is 0 Å². The van der Waals surface area contributed by atoms with Gasteiger partial charge in [0.1, 0.15) is 0 Å². The Hall–Kier alpha value is -2.91. The van der Waals surface area contributed by atoms with Gasteiger partial charge in [-0.05, 0) is 25.0 Å². The number of pyridine rings is 1. The first-order chi connectivity index (χ1) is 11.4. The number of hydrogen-bond donors (Lipinski definition) is 1. The lowest BCUT2D eigenvalue weighted by molar-refractivity contribution is -0.159. The lowest BCUT2D eigenvalue weighted by Crippen LogP contribution is -2.15. The summed E-state index contributed by atoms with van der Waals surface area (Å²) < 4.78 is 43.7. The molecule has 0 spiro atoms. The predicted octanol–water partition coefficient (Wildman–Crippen LogP) is 1.96. The van der Waals surface area contributed by atoms with E-state index in [1.165, 1.54) is 12.3 Å². The fraction of sp³-hybridized carbons (Fsp3) is 0.286. The molecule has 10 heteroatoms. The van der Waals surface area contributed by atoms with E-state index < -0.39 is 17.6 Å². The van der Waals surface area contributed by atoms with E-state index in [9.17, 15) is 18.0 Å². The minimum atomic E-state index is -4.73. The summed E-state index contributed by atoms with van der Waals surface area (Å²) in [6.07, 6.45) is -1.00. The summed E-state index contributed by atoms with van der Waals surface area (Å²) in [5.74, 6) is -1.72. The average Bonchev–Trinajstić information content (AvgIpc) is 3.14. The molecule has 0 saturated carbocycles. The van der Waals surface area contributed by atoms with Gasteiger partial charge in [0.2, 0.25) is 5.82 Å². The van der Waals surface area contributed by atoms with Gasteiger partial charge in [-0.1, -0.05) is 5.16 Å². The summed E-state index contributed by atoms with van der Waals surface area (Å²) in [5.41, 5.74) is 0.967. The molecule has 24 heavy (non-hydrogen) atoms. The maximum absolute atomic E-state index is 12.6. The Bertz CT molecular complexity index is 910. The van der Waals surface area contributed by atoms with Crippen LogP contribution in [0.25, 0.3) is 11.4 Å². The zero-order chi connectivity index (χ0) is 17.3. The number of hydrogen-bond acceptors (Lipinski definition) is 5. The van der Waals surface area contributed by atoms with Gasteiger partial charge in [0.25, 0.3) is 5.56 Å². The number of aromatic nitrogens is 5. The van der Waals surface area contributed by atoms with E-state index in [1.54, 1.807) is 24.0 Å². The van der Waals surface area contributed by atoms with Gasteiger partial charge in [-0.3, -0.25) is 9.48 Å². The van der Waals surface area contributed by atoms with Crippen LogP contribution in [-0.4, -0.2) is 24.9 Å². The fourth-order valence-electron chi connectivity index (χ4n) is 2.32. The third-order valence-electron chi connectivity index (χ3n) is 3.53. The molecule has 3 rings (SSSR count). The normalized spacial score (nSPS) is 11.8. The molecule has 1 N–H and O–H groups in total. The molecule has 7 nitrogen and oxygen atoms in total. The number of halogens is 3. The number of nitrogens with zero attached hydrogens (tertiary/aromatic N) is 4. The molecule has 0 fully saturated rings. The zero-order valence-corrected chi connectivity index (χ0v) is 12.5. The van der Waals surface area contributed by atoms with Crippen molar-refractivity contribution < 1.29 is 17.7 Å². The van der Waals surface area contributed by atoms with Crippen molar-refractivity contribution >= 4 is 0 Å². The van der Waals surface area contributed by atoms with Crippen molar-refractivity contribution in [2.45, 2.75) is 19.0 Å². The highest BCUT2D eigenvalue weighted by molar-refractivity contribution is 5.58. The number of alkyl halides is 3. The molecule has 0 aromatic carbocycles. The molecule has 0 saturated heterocycles. The summed E-state index contributed by atoms with van der Waals surface area (Å²) >= 11 is 0. The largest absolute Gasteiger partial charge is 0.471 e. The van der Waals surface area contributed by atoms with Crippen molar-refractivity contribution in [1.82, 2.24) is 24.9 Å². The molecule has 3 aromatic rings. The number of aryl methyl sites for hydroxylation is 2. The Balaban J connectivity index is 1.94. The second-order valence-corrected chi connectivity index (χ2v) is 5.07. The average molecular weight is 339 g/mol. The van der Waals surface area contributed by atoms with Gasteiger partial charge in [0.15, 0.2) is 0 Å². The standard InChI is InChI=1S/C14H12F3N5O2/c1-22-8(4-7-19-22)2-3-10-9(5-6-18-12(10)23)11-20-13(24-21-11)14(15,16)17/h4-7H,2-3H2,1H3,(H,18,23). The van der Waals surface area contributed by atoms with E-state index in [1.807, 2.05) is 0 Å². The molecule has 0 aliphatic rings. The van der Waals surface area contributed by atoms with Crippen LogP contribution >= 0.6 is 0 Å². The van der Waals surface area contributed by atoms with E-state index >= 15 is 0 Å². The van der Waals surface area contributed by atoms with Crippen molar-refractivity contribution in [3.05, 3.63) is 52.0 Å². The minimum absolute atomic E-state index is 0.208. The molecule has 0 unspecified atom stereocenters. The van der Waals surface area contributed by atoms with Gasteiger partial charge >= 0.3 is 12.1 Å². The molecule has 0 bridgehead atoms. The molecule has 0 atom stereocenters. The molecule has 126 valence electrons. The summed E-state index contributed by atoms with van der Waals surface area (Å²) in [6, 6.07) is 3.25. The summed E-state index contributed by atoms with van der Waals surface area (Å²) in [4.78, 5) is 17.9. The number of nitrogens with one attached hydrogen (secondary N) is 1. The van der Waals surface area contributed by atoms with Crippen molar-refractivity contribution in [1.29, 1.82) is 0 Å². The van der Waals surface area contributed by atoms with Gasteiger partial charge in [-0.2, -0.15) is 23.3 Å². The van der Waals surface area contributed by atoms with E-state index in [-0.39, 0.29) is 17.0 Å². The lowest BCUT2D eigenvalue weighted by atomic mass is 10.0. The quantitative estimate of drug-likeness (QED) is 0.785. The maximum atomic E-state index is 12.6. The first-order valence-corrected chi connectivity index (χ1v) is 6.95.